The minimum atomic E-state index is -0.475. The summed E-state index contributed by atoms with van der Waals surface area (Å²) in [5, 5.41) is 26.1. The monoisotopic (exact) mass is 150 g/mol. The predicted molar refractivity (Wildman–Crippen MR) is 38.6 cm³/mol. The third-order valence-corrected chi connectivity index (χ3v) is 0.993. The molecule has 0 unspecified atom stereocenters. The van der Waals surface area contributed by atoms with E-state index in [1.54, 1.807) is 0 Å². The van der Waals surface area contributed by atoms with E-state index in [0.717, 1.165) is 0 Å². The Morgan fingerprint density at radius 2 is 1.30 bits per heavy atom. The van der Waals surface area contributed by atoms with Crippen LogP contribution in [-0.4, -0.2) is 44.9 Å². The van der Waals surface area contributed by atoms with E-state index in [2.05, 4.69) is 0 Å². The molecule has 3 N–H and O–H groups in total. The quantitative estimate of drug-likeness (QED) is 0.364. The summed E-state index contributed by atoms with van der Waals surface area (Å²) >= 11 is 0. The molecule has 0 aliphatic carbocycles. The van der Waals surface area contributed by atoms with Crippen LogP contribution < -0.4 is 0 Å². The van der Waals surface area contributed by atoms with Crippen LogP contribution in [0.5, 0.6) is 17.2 Å². The second kappa shape index (κ2) is 3.71. The van der Waals surface area contributed by atoms with Crippen molar-refractivity contribution in [1.29, 1.82) is 0 Å². The van der Waals surface area contributed by atoms with Gasteiger partial charge in [0.05, 0.1) is 0 Å². The van der Waals surface area contributed by atoms with E-state index < -0.39 is 5.75 Å². The van der Waals surface area contributed by atoms with Crippen molar-refractivity contribution < 1.29 is 15.3 Å². The van der Waals surface area contributed by atoms with Crippen molar-refractivity contribution in [3.05, 3.63) is 18.2 Å². The molecule has 4 heteroatoms. The SMILES string of the molecule is Oc1cccc(O)c1O.[NaH]. The molecule has 1 aromatic rings. The van der Waals surface area contributed by atoms with E-state index in [0.29, 0.717) is 0 Å². The number of para-hydroxylation sites is 1. The average molecular weight is 150 g/mol. The molecule has 0 aromatic heterocycles. The molecule has 0 aliphatic rings. The Bertz CT molecular complexity index is 204. The van der Waals surface area contributed by atoms with Gasteiger partial charge in [-0.1, -0.05) is 6.07 Å². The van der Waals surface area contributed by atoms with Crippen molar-refractivity contribution in [3.63, 3.8) is 0 Å². The van der Waals surface area contributed by atoms with Crippen molar-refractivity contribution in [1.82, 2.24) is 0 Å². The molecule has 0 aliphatic heterocycles. The van der Waals surface area contributed by atoms with Gasteiger partial charge in [0.25, 0.3) is 0 Å². The van der Waals surface area contributed by atoms with Crippen LogP contribution in [0.2, 0.25) is 0 Å². The first-order valence-corrected chi connectivity index (χ1v) is 2.41. The fourth-order valence-electron chi connectivity index (χ4n) is 0.519. The standard InChI is InChI=1S/C6H6O3.Na.H/c7-4-2-1-3-5(8)6(4)9;;/h1-3,7-9H;;. The summed E-state index contributed by atoms with van der Waals surface area (Å²) in [5.41, 5.74) is 0. The normalized spacial score (nSPS) is 8.40. The molecule has 50 valence electrons. The number of hydrogen-bond donors (Lipinski definition) is 3. The van der Waals surface area contributed by atoms with Crippen LogP contribution in [-0.2, 0) is 0 Å². The third kappa shape index (κ3) is 1.80. The predicted octanol–water partition coefficient (Wildman–Crippen LogP) is 0.155. The number of benzene rings is 1. The molecular formula is C6H7NaO3. The Morgan fingerprint density at radius 3 is 1.60 bits per heavy atom. The molecule has 10 heavy (non-hydrogen) atoms. The number of aromatic hydroxyl groups is 3. The van der Waals surface area contributed by atoms with Gasteiger partial charge in [0.1, 0.15) is 0 Å². The summed E-state index contributed by atoms with van der Waals surface area (Å²) < 4.78 is 0. The Labute approximate surface area is 80.2 Å². The van der Waals surface area contributed by atoms with Gasteiger partial charge in [0, 0.05) is 0 Å². The summed E-state index contributed by atoms with van der Waals surface area (Å²) in [6, 6.07) is 4.01. The molecule has 1 aromatic carbocycles. The molecular weight excluding hydrogens is 143 g/mol. The third-order valence-electron chi connectivity index (χ3n) is 0.993. The number of hydrogen-bond acceptors (Lipinski definition) is 3. The van der Waals surface area contributed by atoms with Crippen LogP contribution in [0.4, 0.5) is 0 Å². The summed E-state index contributed by atoms with van der Waals surface area (Å²) in [4.78, 5) is 0. The van der Waals surface area contributed by atoms with Crippen LogP contribution in [0.1, 0.15) is 0 Å². The molecule has 0 saturated carbocycles. The molecule has 0 amide bonds. The average Bonchev–Trinajstić information content (AvgIpc) is 1.83. The van der Waals surface area contributed by atoms with Gasteiger partial charge in [-0.2, -0.15) is 0 Å². The van der Waals surface area contributed by atoms with Crippen LogP contribution in [0.15, 0.2) is 18.2 Å². The Hall–Kier alpha value is -0.380. The maximum absolute atomic E-state index is 8.71. The first-order chi connectivity index (χ1) is 4.22. The number of rotatable bonds is 0. The van der Waals surface area contributed by atoms with Gasteiger partial charge in [-0.3, -0.25) is 0 Å². The van der Waals surface area contributed by atoms with E-state index in [1.807, 2.05) is 0 Å². The van der Waals surface area contributed by atoms with E-state index in [-0.39, 0.29) is 41.1 Å². The topological polar surface area (TPSA) is 60.7 Å². The minimum absolute atomic E-state index is 0. The van der Waals surface area contributed by atoms with Gasteiger partial charge in [-0.15, -0.1) is 0 Å². The Balaban J connectivity index is 0.000000810. The molecule has 0 radical (unpaired) electrons. The molecule has 0 heterocycles. The zero-order valence-corrected chi connectivity index (χ0v) is 4.57. The fourth-order valence-corrected chi connectivity index (χ4v) is 0.519. The molecule has 0 bridgehead atoms. The second-order valence-corrected chi connectivity index (χ2v) is 1.64. The number of phenolic OH excluding ortho intramolecular Hbond substituents is 3. The second-order valence-electron chi connectivity index (χ2n) is 1.64. The molecule has 3 nitrogen and oxygen atoms in total. The van der Waals surface area contributed by atoms with Crippen molar-refractivity contribution in [2.45, 2.75) is 0 Å². The summed E-state index contributed by atoms with van der Waals surface area (Å²) in [6.45, 7) is 0. The van der Waals surface area contributed by atoms with Gasteiger partial charge in [-0.25, -0.2) is 0 Å². The van der Waals surface area contributed by atoms with Gasteiger partial charge in [0.15, 0.2) is 17.2 Å². The van der Waals surface area contributed by atoms with Crippen molar-refractivity contribution in [2.75, 3.05) is 0 Å². The van der Waals surface area contributed by atoms with Gasteiger partial charge in [0.2, 0.25) is 0 Å². The summed E-state index contributed by atoms with van der Waals surface area (Å²) in [5.74, 6) is -1.09. The Morgan fingerprint density at radius 1 is 0.900 bits per heavy atom. The first kappa shape index (κ1) is 9.62. The first-order valence-electron chi connectivity index (χ1n) is 2.41. The van der Waals surface area contributed by atoms with E-state index in [1.165, 1.54) is 18.2 Å². The molecule has 0 saturated heterocycles. The zero-order valence-electron chi connectivity index (χ0n) is 4.57. The maximum atomic E-state index is 8.71. The molecule has 0 spiro atoms. The molecule has 0 fully saturated rings. The van der Waals surface area contributed by atoms with Crippen LogP contribution in [0.3, 0.4) is 0 Å². The van der Waals surface area contributed by atoms with Crippen LogP contribution >= 0.6 is 0 Å². The van der Waals surface area contributed by atoms with E-state index >= 15 is 0 Å². The van der Waals surface area contributed by atoms with E-state index in [9.17, 15) is 0 Å². The van der Waals surface area contributed by atoms with Gasteiger partial charge in [-0.05, 0) is 12.1 Å². The van der Waals surface area contributed by atoms with Crippen LogP contribution in [0, 0.1) is 0 Å². The summed E-state index contributed by atoms with van der Waals surface area (Å²) in [7, 11) is 0. The van der Waals surface area contributed by atoms with Gasteiger partial charge < -0.3 is 15.3 Å². The van der Waals surface area contributed by atoms with Crippen LogP contribution in [0.25, 0.3) is 0 Å². The van der Waals surface area contributed by atoms with Crippen molar-refractivity contribution >= 4 is 29.6 Å². The molecule has 1 rings (SSSR count). The fraction of sp³-hybridized carbons (Fsp3) is 0. The number of phenols is 3. The van der Waals surface area contributed by atoms with E-state index in [4.69, 9.17) is 15.3 Å². The zero-order chi connectivity index (χ0) is 6.85. The molecule has 0 atom stereocenters. The summed E-state index contributed by atoms with van der Waals surface area (Å²) in [6.07, 6.45) is 0. The van der Waals surface area contributed by atoms with Gasteiger partial charge >= 0.3 is 29.6 Å². The Kier molecular flexibility index (Phi) is 3.57. The van der Waals surface area contributed by atoms with Crippen molar-refractivity contribution in [2.24, 2.45) is 0 Å². The van der Waals surface area contributed by atoms with Crippen molar-refractivity contribution in [3.8, 4) is 17.2 Å².